The zero-order valence-corrected chi connectivity index (χ0v) is 25.7. The summed E-state index contributed by atoms with van der Waals surface area (Å²) in [4.78, 5) is 25.4. The van der Waals surface area contributed by atoms with Crippen LogP contribution in [0.5, 0.6) is 0 Å². The van der Waals surface area contributed by atoms with E-state index in [1.807, 2.05) is 4.90 Å². The minimum Gasteiger partial charge on any atom is -0.550 e. The number of aliphatic carboxylic acids is 1. The normalized spacial score (nSPS) is 11.3. The average Bonchev–Trinajstić information content (AvgIpc) is 2.77. The van der Waals surface area contributed by atoms with Gasteiger partial charge in [-0.1, -0.05) is 97.3 Å². The zero-order chi connectivity index (χ0) is 24.8. The fourth-order valence-electron chi connectivity index (χ4n) is 4.34. The van der Waals surface area contributed by atoms with Crippen molar-refractivity contribution in [1.82, 2.24) is 4.90 Å². The molecule has 0 aliphatic heterocycles. The maximum absolute atomic E-state index is 12.6. The second-order valence-electron chi connectivity index (χ2n) is 10.6. The van der Waals surface area contributed by atoms with Gasteiger partial charge in [0.15, 0.2) is 0 Å². The second kappa shape index (κ2) is 24.6. The van der Waals surface area contributed by atoms with Gasteiger partial charge < -0.3 is 19.3 Å². The van der Waals surface area contributed by atoms with Crippen LogP contribution in [0.2, 0.25) is 0 Å². The summed E-state index contributed by atoms with van der Waals surface area (Å²) in [6.07, 6.45) is 20.4. The predicted molar refractivity (Wildman–Crippen MR) is 138 cm³/mol. The predicted octanol–water partition coefficient (Wildman–Crippen LogP) is 2.71. The van der Waals surface area contributed by atoms with E-state index in [0.717, 1.165) is 37.0 Å². The van der Waals surface area contributed by atoms with Gasteiger partial charge in [-0.3, -0.25) is 4.79 Å². The Hall–Kier alpha value is -0.100. The molecule has 0 aromatic carbocycles. The number of likely N-dealkylation sites (N-methyl/N-ethyl adjacent to an activating group) is 1. The smallest absolute Gasteiger partial charge is 0.550 e. The Labute approximate surface area is 234 Å². The fraction of sp³-hybridized carbons (Fsp3) is 0.929. The van der Waals surface area contributed by atoms with Crippen LogP contribution in [0, 0.1) is 0 Å². The number of hydrogen-bond acceptors (Lipinski definition) is 3. The monoisotopic (exact) mass is 491 g/mol. The van der Waals surface area contributed by atoms with Crippen molar-refractivity contribution >= 4 is 11.9 Å². The van der Waals surface area contributed by atoms with Gasteiger partial charge in [0.05, 0.1) is 33.7 Å². The molecule has 0 saturated carbocycles. The molecule has 0 radical (unpaired) electrons. The fourth-order valence-corrected chi connectivity index (χ4v) is 4.34. The molecule has 0 spiro atoms. The van der Waals surface area contributed by atoms with Gasteiger partial charge in [0, 0.05) is 18.9 Å². The first kappa shape index (κ1) is 36.1. The van der Waals surface area contributed by atoms with Crippen molar-refractivity contribution < 1.29 is 48.7 Å². The third-order valence-corrected chi connectivity index (χ3v) is 6.77. The van der Waals surface area contributed by atoms with E-state index >= 15 is 0 Å². The molecule has 0 aliphatic carbocycles. The number of quaternary nitrogens is 1. The van der Waals surface area contributed by atoms with E-state index in [2.05, 4.69) is 27.9 Å². The molecule has 5 nitrogen and oxygen atoms in total. The summed E-state index contributed by atoms with van der Waals surface area (Å²) < 4.78 is 0.914. The van der Waals surface area contributed by atoms with E-state index in [4.69, 9.17) is 0 Å². The summed E-state index contributed by atoms with van der Waals surface area (Å²) in [5.41, 5.74) is 0. The molecular formula is C28H56N2NaO3+. The molecule has 0 fully saturated rings. The largest absolute Gasteiger partial charge is 1.00 e. The van der Waals surface area contributed by atoms with Crippen LogP contribution in [0.15, 0.2) is 0 Å². The van der Waals surface area contributed by atoms with E-state index in [9.17, 15) is 14.7 Å². The Morgan fingerprint density at radius 2 is 1.06 bits per heavy atom. The quantitative estimate of drug-likeness (QED) is 0.119. The van der Waals surface area contributed by atoms with E-state index < -0.39 is 5.97 Å². The van der Waals surface area contributed by atoms with Crippen molar-refractivity contribution in [2.24, 2.45) is 0 Å². The minimum atomic E-state index is -1.14. The molecule has 0 saturated heterocycles. The number of unbranched alkanes of at least 4 members (excludes halogenated alkanes) is 14. The summed E-state index contributed by atoms with van der Waals surface area (Å²) in [6.45, 7) is 8.01. The molecule has 0 rings (SSSR count). The first-order valence-corrected chi connectivity index (χ1v) is 14.1. The summed E-state index contributed by atoms with van der Waals surface area (Å²) in [7, 11) is 4.50. The van der Waals surface area contributed by atoms with Crippen LogP contribution < -0.4 is 34.7 Å². The van der Waals surface area contributed by atoms with Gasteiger partial charge in [-0.2, -0.15) is 0 Å². The first-order chi connectivity index (χ1) is 15.8. The molecule has 0 atom stereocenters. The molecule has 0 aromatic heterocycles. The summed E-state index contributed by atoms with van der Waals surface area (Å²) >= 11 is 0. The third-order valence-electron chi connectivity index (χ3n) is 6.77. The van der Waals surface area contributed by atoms with Crippen molar-refractivity contribution in [1.29, 1.82) is 0 Å². The van der Waals surface area contributed by atoms with Crippen molar-refractivity contribution in [3.05, 3.63) is 0 Å². The van der Waals surface area contributed by atoms with E-state index in [-0.39, 0.29) is 48.3 Å². The third kappa shape index (κ3) is 23.6. The molecular weight excluding hydrogens is 435 g/mol. The molecule has 0 bridgehead atoms. The first-order valence-electron chi connectivity index (χ1n) is 14.1. The molecule has 0 heterocycles. The summed E-state index contributed by atoms with van der Waals surface area (Å²) in [5.74, 6) is -1.17. The van der Waals surface area contributed by atoms with Gasteiger partial charge in [0.25, 0.3) is 0 Å². The van der Waals surface area contributed by atoms with Crippen LogP contribution in [0.1, 0.15) is 129 Å². The van der Waals surface area contributed by atoms with Crippen LogP contribution in [-0.2, 0) is 9.59 Å². The zero-order valence-electron chi connectivity index (χ0n) is 23.7. The van der Waals surface area contributed by atoms with Gasteiger partial charge >= 0.3 is 29.6 Å². The van der Waals surface area contributed by atoms with E-state index in [0.29, 0.717) is 6.54 Å². The van der Waals surface area contributed by atoms with Crippen molar-refractivity contribution in [3.8, 4) is 0 Å². The van der Waals surface area contributed by atoms with Crippen molar-refractivity contribution in [3.63, 3.8) is 0 Å². The molecule has 0 aromatic rings. The Kier molecular flexibility index (Phi) is 26.1. The standard InChI is InChI=1S/C28H56N2O3.Na/c1-5-7-9-11-13-15-17-19-23-29(27(31)21-22-28(32)33)24-26-30(3,4)25-20-18-16-14-12-10-8-6-2;/h5-26H2,1-4H3;/q;+1. The number of nitrogens with zero attached hydrogens (tertiary/aromatic N) is 2. The summed E-state index contributed by atoms with van der Waals surface area (Å²) in [6, 6.07) is 0. The van der Waals surface area contributed by atoms with Crippen molar-refractivity contribution in [2.75, 3.05) is 40.3 Å². The Morgan fingerprint density at radius 3 is 1.53 bits per heavy atom. The van der Waals surface area contributed by atoms with Crippen LogP contribution >= 0.6 is 0 Å². The molecule has 0 aliphatic rings. The maximum Gasteiger partial charge on any atom is 1.00 e. The van der Waals surface area contributed by atoms with Crippen LogP contribution in [-0.4, -0.2) is 61.5 Å². The van der Waals surface area contributed by atoms with Crippen LogP contribution in [0.25, 0.3) is 0 Å². The van der Waals surface area contributed by atoms with Gasteiger partial charge in [-0.25, -0.2) is 0 Å². The number of carboxylic acids is 1. The van der Waals surface area contributed by atoms with Crippen molar-refractivity contribution in [2.45, 2.75) is 129 Å². The number of hydrogen-bond donors (Lipinski definition) is 0. The second-order valence-corrected chi connectivity index (χ2v) is 10.6. The number of carboxylic acid groups (broad SMARTS) is 1. The maximum atomic E-state index is 12.6. The van der Waals surface area contributed by atoms with E-state index in [1.54, 1.807) is 0 Å². The molecule has 6 heteroatoms. The summed E-state index contributed by atoms with van der Waals surface area (Å²) in [5, 5.41) is 10.8. The minimum absolute atomic E-state index is 0. The van der Waals surface area contributed by atoms with Gasteiger partial charge in [-0.15, -0.1) is 0 Å². The topological polar surface area (TPSA) is 60.4 Å². The number of carbonyl (C=O) groups excluding carboxylic acids is 2. The van der Waals surface area contributed by atoms with Gasteiger partial charge in [0.1, 0.15) is 0 Å². The molecule has 0 unspecified atom stereocenters. The van der Waals surface area contributed by atoms with Gasteiger partial charge in [0.2, 0.25) is 5.91 Å². The molecule has 196 valence electrons. The number of amides is 1. The average molecular weight is 492 g/mol. The molecule has 0 N–H and O–H groups in total. The van der Waals surface area contributed by atoms with Crippen LogP contribution in [0.4, 0.5) is 0 Å². The van der Waals surface area contributed by atoms with Gasteiger partial charge in [-0.05, 0) is 25.7 Å². The molecule has 1 amide bonds. The Morgan fingerprint density at radius 1 is 0.618 bits per heavy atom. The SMILES string of the molecule is CCCCCCCCCCN(CC[N+](C)(C)CCCCCCCCCC)C(=O)CCC(=O)[O-].[Na+]. The van der Waals surface area contributed by atoms with E-state index in [1.165, 1.54) is 89.9 Å². The molecule has 34 heavy (non-hydrogen) atoms. The van der Waals surface area contributed by atoms with Crippen LogP contribution in [0.3, 0.4) is 0 Å². The Bertz CT molecular complexity index is 486. The number of rotatable bonds is 24. The number of carbonyl (C=O) groups is 2. The Balaban J connectivity index is 0.